The van der Waals surface area contributed by atoms with Crippen LogP contribution in [-0.4, -0.2) is 5.97 Å². The molecule has 2 rings (SSSR count). The average Bonchev–Trinajstić information content (AvgIpc) is 2.98. The molecule has 0 amide bonds. The SMILES string of the molecule is CC1(C)C(C=C(Cl)C#N)C1C(=O)OCc1ccccc1. The first-order valence-electron chi connectivity index (χ1n) is 6.45. The van der Waals surface area contributed by atoms with Gasteiger partial charge in [-0.15, -0.1) is 0 Å². The predicted octanol–water partition coefficient (Wildman–Crippen LogP) is 3.65. The van der Waals surface area contributed by atoms with E-state index in [4.69, 9.17) is 21.6 Å². The maximum absolute atomic E-state index is 12.1. The Hall–Kier alpha value is -1.79. The number of halogens is 1. The lowest BCUT2D eigenvalue weighted by Crippen LogP contribution is -2.10. The van der Waals surface area contributed by atoms with E-state index in [1.165, 1.54) is 0 Å². The van der Waals surface area contributed by atoms with Crippen LogP contribution in [0.5, 0.6) is 0 Å². The van der Waals surface area contributed by atoms with E-state index in [0.717, 1.165) is 5.56 Å². The highest BCUT2D eigenvalue weighted by Gasteiger charge is 2.61. The van der Waals surface area contributed by atoms with E-state index in [2.05, 4.69) is 0 Å². The third kappa shape index (κ3) is 3.02. The summed E-state index contributed by atoms with van der Waals surface area (Å²) in [6.45, 7) is 4.23. The minimum Gasteiger partial charge on any atom is -0.461 e. The molecule has 0 spiro atoms. The Morgan fingerprint density at radius 3 is 2.70 bits per heavy atom. The number of benzene rings is 1. The van der Waals surface area contributed by atoms with E-state index in [0.29, 0.717) is 0 Å². The van der Waals surface area contributed by atoms with Crippen LogP contribution in [0.25, 0.3) is 0 Å². The van der Waals surface area contributed by atoms with Gasteiger partial charge >= 0.3 is 5.97 Å². The summed E-state index contributed by atoms with van der Waals surface area (Å²) in [7, 11) is 0. The Bertz CT molecular complexity index is 572. The minimum absolute atomic E-state index is 0.0297. The van der Waals surface area contributed by atoms with Crippen LogP contribution in [0.3, 0.4) is 0 Å². The van der Waals surface area contributed by atoms with Crippen LogP contribution in [-0.2, 0) is 16.1 Å². The number of hydrogen-bond donors (Lipinski definition) is 0. The lowest BCUT2D eigenvalue weighted by atomic mass is 10.1. The van der Waals surface area contributed by atoms with Crippen molar-refractivity contribution in [2.75, 3.05) is 0 Å². The van der Waals surface area contributed by atoms with Crippen LogP contribution in [0.1, 0.15) is 19.4 Å². The molecule has 1 aliphatic rings. The molecule has 104 valence electrons. The van der Waals surface area contributed by atoms with Gasteiger partial charge in [0.1, 0.15) is 17.7 Å². The van der Waals surface area contributed by atoms with E-state index in [-0.39, 0.29) is 34.9 Å². The molecular weight excluding hydrogens is 274 g/mol. The summed E-state index contributed by atoms with van der Waals surface area (Å²) in [6, 6.07) is 11.4. The van der Waals surface area contributed by atoms with Crippen molar-refractivity contribution < 1.29 is 9.53 Å². The second-order valence-electron chi connectivity index (χ2n) is 5.54. The highest BCUT2D eigenvalue weighted by Crippen LogP contribution is 2.60. The molecule has 0 aliphatic heterocycles. The number of carbonyl (C=O) groups is 1. The van der Waals surface area contributed by atoms with Gasteiger partial charge < -0.3 is 4.74 Å². The van der Waals surface area contributed by atoms with Gasteiger partial charge in [0.05, 0.1) is 5.92 Å². The molecule has 0 saturated heterocycles. The van der Waals surface area contributed by atoms with Crippen LogP contribution in [0.4, 0.5) is 0 Å². The third-order valence-corrected chi connectivity index (χ3v) is 4.03. The average molecular weight is 290 g/mol. The Morgan fingerprint density at radius 1 is 1.45 bits per heavy atom. The minimum atomic E-state index is -0.234. The zero-order valence-corrected chi connectivity index (χ0v) is 12.2. The fourth-order valence-electron chi connectivity index (χ4n) is 2.45. The van der Waals surface area contributed by atoms with Gasteiger partial charge in [-0.3, -0.25) is 4.79 Å². The van der Waals surface area contributed by atoms with Crippen molar-refractivity contribution in [1.29, 1.82) is 5.26 Å². The van der Waals surface area contributed by atoms with E-state index in [1.807, 2.05) is 50.2 Å². The van der Waals surface area contributed by atoms with E-state index < -0.39 is 0 Å². The van der Waals surface area contributed by atoms with Crippen LogP contribution in [0.2, 0.25) is 0 Å². The summed E-state index contributed by atoms with van der Waals surface area (Å²) >= 11 is 5.72. The normalized spacial score (nSPS) is 23.8. The van der Waals surface area contributed by atoms with Crippen molar-refractivity contribution in [2.45, 2.75) is 20.5 Å². The van der Waals surface area contributed by atoms with Gasteiger partial charge in [0.25, 0.3) is 0 Å². The maximum atomic E-state index is 12.1. The van der Waals surface area contributed by atoms with E-state index in [1.54, 1.807) is 6.08 Å². The molecule has 0 N–H and O–H groups in total. The van der Waals surface area contributed by atoms with Gasteiger partial charge in [-0.2, -0.15) is 5.26 Å². The fourth-order valence-corrected chi connectivity index (χ4v) is 2.59. The maximum Gasteiger partial charge on any atom is 0.310 e. The summed E-state index contributed by atoms with van der Waals surface area (Å²) < 4.78 is 5.34. The largest absolute Gasteiger partial charge is 0.461 e. The van der Waals surface area contributed by atoms with Crippen molar-refractivity contribution in [2.24, 2.45) is 17.3 Å². The summed E-state index contributed by atoms with van der Waals surface area (Å²) in [5.41, 5.74) is 0.756. The van der Waals surface area contributed by atoms with Crippen LogP contribution >= 0.6 is 11.6 Å². The van der Waals surface area contributed by atoms with Gasteiger partial charge in [0.2, 0.25) is 0 Å². The highest BCUT2D eigenvalue weighted by atomic mass is 35.5. The number of allylic oxidation sites excluding steroid dienone is 2. The summed E-state index contributed by atoms with van der Waals surface area (Å²) in [5, 5.41) is 8.82. The number of ether oxygens (including phenoxy) is 1. The monoisotopic (exact) mass is 289 g/mol. The second kappa shape index (κ2) is 5.68. The molecular formula is C16H16ClNO2. The Balaban J connectivity index is 1.96. The summed E-state index contributed by atoms with van der Waals surface area (Å²) in [4.78, 5) is 12.1. The zero-order chi connectivity index (χ0) is 14.8. The molecule has 20 heavy (non-hydrogen) atoms. The van der Waals surface area contributed by atoms with Gasteiger partial charge in [0.15, 0.2) is 0 Å². The van der Waals surface area contributed by atoms with Crippen molar-refractivity contribution in [3.05, 3.63) is 47.0 Å². The molecule has 0 bridgehead atoms. The van der Waals surface area contributed by atoms with Gasteiger partial charge in [-0.05, 0) is 16.9 Å². The van der Waals surface area contributed by atoms with Gasteiger partial charge in [-0.1, -0.05) is 61.9 Å². The fraction of sp³-hybridized carbons (Fsp3) is 0.375. The molecule has 1 aliphatic carbocycles. The molecule has 0 radical (unpaired) electrons. The first kappa shape index (κ1) is 14.6. The van der Waals surface area contributed by atoms with Crippen molar-refractivity contribution in [3.63, 3.8) is 0 Å². The highest BCUT2D eigenvalue weighted by molar-refractivity contribution is 6.31. The Labute approximate surface area is 123 Å². The first-order chi connectivity index (χ1) is 9.46. The number of esters is 1. The number of nitriles is 1. The molecule has 1 fully saturated rings. The molecule has 0 aromatic heterocycles. The molecule has 3 nitrogen and oxygen atoms in total. The topological polar surface area (TPSA) is 50.1 Å². The van der Waals surface area contributed by atoms with Crippen molar-refractivity contribution >= 4 is 17.6 Å². The molecule has 0 heterocycles. The summed E-state index contributed by atoms with van der Waals surface area (Å²) in [6.07, 6.45) is 1.65. The van der Waals surface area contributed by atoms with Crippen LogP contribution < -0.4 is 0 Å². The molecule has 1 saturated carbocycles. The standard InChI is InChI=1S/C16H16ClNO2/c1-16(2)13(8-12(17)9-18)14(16)15(19)20-10-11-6-4-3-5-7-11/h3-8,13-14H,10H2,1-2H3. The lowest BCUT2D eigenvalue weighted by molar-refractivity contribution is -0.147. The predicted molar refractivity (Wildman–Crippen MR) is 76.5 cm³/mol. The lowest BCUT2D eigenvalue weighted by Gasteiger charge is -2.05. The van der Waals surface area contributed by atoms with Gasteiger partial charge in [-0.25, -0.2) is 0 Å². The van der Waals surface area contributed by atoms with Gasteiger partial charge in [0, 0.05) is 0 Å². The smallest absolute Gasteiger partial charge is 0.310 e. The third-order valence-electron chi connectivity index (χ3n) is 3.82. The molecule has 1 aromatic carbocycles. The van der Waals surface area contributed by atoms with Crippen molar-refractivity contribution in [3.8, 4) is 6.07 Å². The summed E-state index contributed by atoms with van der Waals surface area (Å²) in [5.74, 6) is -0.492. The van der Waals surface area contributed by atoms with Crippen molar-refractivity contribution in [1.82, 2.24) is 0 Å². The Morgan fingerprint density at radius 2 is 2.10 bits per heavy atom. The molecule has 1 aromatic rings. The number of nitrogens with zero attached hydrogens (tertiary/aromatic N) is 1. The van der Waals surface area contributed by atoms with Crippen LogP contribution in [0.15, 0.2) is 41.4 Å². The second-order valence-corrected chi connectivity index (χ2v) is 5.95. The molecule has 2 atom stereocenters. The number of rotatable bonds is 4. The molecule has 2 unspecified atom stereocenters. The Kier molecular flexibility index (Phi) is 4.15. The first-order valence-corrected chi connectivity index (χ1v) is 6.82. The van der Waals surface area contributed by atoms with E-state index in [9.17, 15) is 4.79 Å². The van der Waals surface area contributed by atoms with Crippen LogP contribution in [0, 0.1) is 28.6 Å². The number of carbonyl (C=O) groups excluding carboxylic acids is 1. The quantitative estimate of drug-likeness (QED) is 0.628. The molecule has 4 heteroatoms. The van der Waals surface area contributed by atoms with E-state index >= 15 is 0 Å². The zero-order valence-electron chi connectivity index (χ0n) is 11.5. The number of hydrogen-bond acceptors (Lipinski definition) is 3.